The summed E-state index contributed by atoms with van der Waals surface area (Å²) in [7, 11) is 0. The van der Waals surface area contributed by atoms with Crippen LogP contribution in [0.3, 0.4) is 0 Å². The van der Waals surface area contributed by atoms with E-state index in [1.165, 1.54) is 18.2 Å². The molecule has 0 aliphatic carbocycles. The molecule has 2 amide bonds. The lowest BCUT2D eigenvalue weighted by atomic mass is 10.1. The summed E-state index contributed by atoms with van der Waals surface area (Å²) < 4.78 is 0. The van der Waals surface area contributed by atoms with Crippen molar-refractivity contribution in [2.75, 3.05) is 12.3 Å². The van der Waals surface area contributed by atoms with E-state index in [2.05, 4.69) is 10.6 Å². The molecule has 1 saturated heterocycles. The first-order chi connectivity index (χ1) is 9.47. The molecule has 1 atom stereocenters. The van der Waals surface area contributed by atoms with Crippen molar-refractivity contribution in [2.45, 2.75) is 18.9 Å². The third-order valence-electron chi connectivity index (χ3n) is 3.09. The van der Waals surface area contributed by atoms with Crippen molar-refractivity contribution >= 4 is 23.2 Å². The number of anilines is 1. The molecule has 1 aliphatic heterocycles. The van der Waals surface area contributed by atoms with Crippen LogP contribution in [0.1, 0.15) is 23.2 Å². The van der Waals surface area contributed by atoms with Gasteiger partial charge in [0.15, 0.2) is 0 Å². The second-order valence-electron chi connectivity index (χ2n) is 4.54. The molecule has 20 heavy (non-hydrogen) atoms. The number of amides is 2. The fraction of sp³-hybridized carbons (Fsp3) is 0.333. The molecule has 1 aromatic rings. The van der Waals surface area contributed by atoms with Crippen molar-refractivity contribution < 1.29 is 14.5 Å². The number of benzene rings is 1. The highest BCUT2D eigenvalue weighted by Crippen LogP contribution is 2.22. The predicted octanol–water partition coefficient (Wildman–Crippen LogP) is 0.185. The molecular formula is C12H14N4O4. The van der Waals surface area contributed by atoms with Gasteiger partial charge in [-0.2, -0.15) is 0 Å². The molecule has 1 heterocycles. The zero-order valence-corrected chi connectivity index (χ0v) is 10.6. The summed E-state index contributed by atoms with van der Waals surface area (Å²) >= 11 is 0. The van der Waals surface area contributed by atoms with Crippen LogP contribution in [0.4, 0.5) is 11.4 Å². The number of hydrogen-bond acceptors (Lipinski definition) is 5. The minimum Gasteiger partial charge on any atom is -0.393 e. The monoisotopic (exact) mass is 278 g/mol. The molecule has 0 bridgehead atoms. The summed E-state index contributed by atoms with van der Waals surface area (Å²) in [6.07, 6.45) is 0.938. The van der Waals surface area contributed by atoms with Crippen molar-refractivity contribution in [3.63, 3.8) is 0 Å². The van der Waals surface area contributed by atoms with Crippen LogP contribution < -0.4 is 16.4 Å². The normalized spacial score (nSPS) is 18.2. The third kappa shape index (κ3) is 3.02. The maximum absolute atomic E-state index is 12.0. The lowest BCUT2D eigenvalue weighted by Crippen LogP contribution is -2.47. The average Bonchev–Trinajstić information content (AvgIpc) is 2.40. The van der Waals surface area contributed by atoms with Gasteiger partial charge < -0.3 is 16.4 Å². The van der Waals surface area contributed by atoms with Gasteiger partial charge in [0, 0.05) is 30.6 Å². The van der Waals surface area contributed by atoms with E-state index in [4.69, 9.17) is 5.73 Å². The smallest absolute Gasteiger partial charge is 0.292 e. The van der Waals surface area contributed by atoms with Gasteiger partial charge in [-0.3, -0.25) is 19.7 Å². The molecule has 0 aromatic heterocycles. The molecule has 106 valence electrons. The number of nitrogens with two attached hydrogens (primary N) is 1. The molecule has 1 unspecified atom stereocenters. The van der Waals surface area contributed by atoms with E-state index in [1.54, 1.807) is 0 Å². The molecule has 8 nitrogen and oxygen atoms in total. The van der Waals surface area contributed by atoms with Crippen LogP contribution >= 0.6 is 0 Å². The summed E-state index contributed by atoms with van der Waals surface area (Å²) in [5, 5.41) is 16.0. The van der Waals surface area contributed by atoms with E-state index in [1.807, 2.05) is 0 Å². The van der Waals surface area contributed by atoms with Crippen LogP contribution in [0.2, 0.25) is 0 Å². The lowest BCUT2D eigenvalue weighted by molar-refractivity contribution is -0.383. The van der Waals surface area contributed by atoms with Crippen LogP contribution in [-0.2, 0) is 4.79 Å². The average molecular weight is 278 g/mol. The highest BCUT2D eigenvalue weighted by molar-refractivity contribution is 5.96. The number of nitrogens with one attached hydrogen (secondary N) is 2. The van der Waals surface area contributed by atoms with Gasteiger partial charge in [-0.15, -0.1) is 0 Å². The van der Waals surface area contributed by atoms with Crippen LogP contribution in [0.5, 0.6) is 0 Å². The number of nitro groups is 1. The molecule has 4 N–H and O–H groups in total. The Labute approximate surface area is 114 Å². The van der Waals surface area contributed by atoms with E-state index in [0.29, 0.717) is 19.4 Å². The van der Waals surface area contributed by atoms with Gasteiger partial charge in [0.2, 0.25) is 5.91 Å². The maximum atomic E-state index is 12.0. The molecule has 1 aliphatic rings. The summed E-state index contributed by atoms with van der Waals surface area (Å²) in [5.74, 6) is -0.400. The number of hydrogen-bond donors (Lipinski definition) is 3. The minimum absolute atomic E-state index is 0.0323. The Morgan fingerprint density at radius 3 is 2.80 bits per heavy atom. The summed E-state index contributed by atoms with van der Waals surface area (Å²) in [6.45, 7) is 0.382. The van der Waals surface area contributed by atoms with Gasteiger partial charge in [0.1, 0.15) is 5.69 Å². The molecule has 0 spiro atoms. The van der Waals surface area contributed by atoms with Gasteiger partial charge in [0.25, 0.3) is 11.6 Å². The number of nitrogen functional groups attached to an aromatic ring is 1. The van der Waals surface area contributed by atoms with E-state index < -0.39 is 4.92 Å². The molecule has 0 saturated carbocycles. The first kappa shape index (κ1) is 13.8. The number of nitro benzene ring substituents is 1. The standard InChI is InChI=1S/C12H14N4O4/c13-9-5-7(1-3-10(9)16(19)20)12(18)15-8-2-4-11(17)14-6-8/h1,3,5,8H,2,4,6,13H2,(H,14,17)(H,15,18). The van der Waals surface area contributed by atoms with E-state index in [9.17, 15) is 19.7 Å². The van der Waals surface area contributed by atoms with Gasteiger partial charge in [-0.25, -0.2) is 0 Å². The number of rotatable bonds is 3. The number of carbonyl (C=O) groups is 2. The summed E-state index contributed by atoms with van der Waals surface area (Å²) in [6, 6.07) is 3.68. The zero-order valence-electron chi connectivity index (χ0n) is 10.6. The first-order valence-electron chi connectivity index (χ1n) is 6.09. The number of nitrogens with zero attached hydrogens (tertiary/aromatic N) is 1. The highest BCUT2D eigenvalue weighted by Gasteiger charge is 2.21. The summed E-state index contributed by atoms with van der Waals surface area (Å²) in [4.78, 5) is 33.0. The number of piperidine rings is 1. The molecular weight excluding hydrogens is 264 g/mol. The van der Waals surface area contributed by atoms with Gasteiger partial charge in [-0.05, 0) is 18.6 Å². The van der Waals surface area contributed by atoms with Crippen LogP contribution in [-0.4, -0.2) is 29.3 Å². The Morgan fingerprint density at radius 1 is 1.50 bits per heavy atom. The van der Waals surface area contributed by atoms with Crippen molar-refractivity contribution in [2.24, 2.45) is 0 Å². The van der Waals surface area contributed by atoms with Crippen LogP contribution in [0.25, 0.3) is 0 Å². The summed E-state index contributed by atoms with van der Waals surface area (Å²) in [5.41, 5.74) is 5.50. The molecule has 8 heteroatoms. The first-order valence-corrected chi connectivity index (χ1v) is 6.09. The van der Waals surface area contributed by atoms with Gasteiger partial charge >= 0.3 is 0 Å². The van der Waals surface area contributed by atoms with E-state index >= 15 is 0 Å². The van der Waals surface area contributed by atoms with Crippen molar-refractivity contribution in [1.82, 2.24) is 10.6 Å². The number of carbonyl (C=O) groups excluding carboxylic acids is 2. The minimum atomic E-state index is -0.603. The quantitative estimate of drug-likeness (QED) is 0.413. The van der Waals surface area contributed by atoms with E-state index in [0.717, 1.165) is 0 Å². The van der Waals surface area contributed by atoms with Crippen molar-refractivity contribution in [3.8, 4) is 0 Å². The van der Waals surface area contributed by atoms with Crippen molar-refractivity contribution in [1.29, 1.82) is 0 Å². The molecule has 1 fully saturated rings. The Kier molecular flexibility index (Phi) is 3.83. The Hall–Kier alpha value is -2.64. The van der Waals surface area contributed by atoms with Crippen LogP contribution in [0, 0.1) is 10.1 Å². The van der Waals surface area contributed by atoms with Gasteiger partial charge in [0.05, 0.1) is 4.92 Å². The topological polar surface area (TPSA) is 127 Å². The van der Waals surface area contributed by atoms with Crippen LogP contribution in [0.15, 0.2) is 18.2 Å². The second-order valence-corrected chi connectivity index (χ2v) is 4.54. The van der Waals surface area contributed by atoms with E-state index in [-0.39, 0.29) is 34.8 Å². The predicted molar refractivity (Wildman–Crippen MR) is 71.0 cm³/mol. The SMILES string of the molecule is Nc1cc(C(=O)NC2CCC(=O)NC2)ccc1[N+](=O)[O-]. The third-order valence-corrected chi connectivity index (χ3v) is 3.09. The lowest BCUT2D eigenvalue weighted by Gasteiger charge is -2.23. The largest absolute Gasteiger partial charge is 0.393 e. The maximum Gasteiger partial charge on any atom is 0.292 e. The van der Waals surface area contributed by atoms with Crippen molar-refractivity contribution in [3.05, 3.63) is 33.9 Å². The molecule has 2 rings (SSSR count). The fourth-order valence-corrected chi connectivity index (χ4v) is 1.99. The second kappa shape index (κ2) is 5.55. The Balaban J connectivity index is 2.04. The highest BCUT2D eigenvalue weighted by atomic mass is 16.6. The molecule has 1 aromatic carbocycles. The zero-order chi connectivity index (χ0) is 14.7. The Bertz CT molecular complexity index is 563. The van der Waals surface area contributed by atoms with Gasteiger partial charge in [-0.1, -0.05) is 0 Å². The molecule has 0 radical (unpaired) electrons. The fourth-order valence-electron chi connectivity index (χ4n) is 1.99. The Morgan fingerprint density at radius 2 is 2.25 bits per heavy atom.